The van der Waals surface area contributed by atoms with Crippen LogP contribution in [0.5, 0.6) is 5.88 Å². The minimum atomic E-state index is -4.59. The number of nitrogens with zero attached hydrogens (tertiary/aromatic N) is 1. The highest BCUT2D eigenvalue weighted by atomic mass is 35.5. The summed E-state index contributed by atoms with van der Waals surface area (Å²) >= 11 is 5.62. The normalized spacial score (nSPS) is 11.4. The Hall–Kier alpha value is -2.09. The molecule has 3 nitrogen and oxygen atoms in total. The number of alkyl halides is 3. The van der Waals surface area contributed by atoms with E-state index < -0.39 is 30.3 Å². The molecule has 0 spiro atoms. The Morgan fingerprint density at radius 2 is 1.78 bits per heavy atom. The molecular weight excluding hydrogens is 343 g/mol. The van der Waals surface area contributed by atoms with Crippen molar-refractivity contribution in [1.82, 2.24) is 4.98 Å². The number of nitrogens with one attached hydrogen (secondary N) is 1. The van der Waals surface area contributed by atoms with Gasteiger partial charge >= 0.3 is 6.18 Å². The quantitative estimate of drug-likeness (QED) is 0.801. The third-order valence-corrected chi connectivity index (χ3v) is 2.93. The molecule has 0 radical (unpaired) electrons. The summed E-state index contributed by atoms with van der Waals surface area (Å²) in [5.74, 6) is -2.32. The van der Waals surface area contributed by atoms with Gasteiger partial charge < -0.3 is 10.1 Å². The lowest BCUT2D eigenvalue weighted by atomic mass is 10.3. The van der Waals surface area contributed by atoms with Gasteiger partial charge in [0.15, 0.2) is 12.4 Å². The predicted molar refractivity (Wildman–Crippen MR) is 74.5 cm³/mol. The zero-order valence-electron chi connectivity index (χ0n) is 11.4. The largest absolute Gasteiger partial charge is 0.466 e. The van der Waals surface area contributed by atoms with Gasteiger partial charge in [-0.15, -0.1) is 0 Å². The second-order valence-electron chi connectivity index (χ2n) is 4.48. The van der Waals surface area contributed by atoms with Crippen molar-refractivity contribution in [2.45, 2.75) is 12.7 Å². The van der Waals surface area contributed by atoms with Crippen LogP contribution in [0.2, 0.25) is 5.02 Å². The van der Waals surface area contributed by atoms with Gasteiger partial charge in [0, 0.05) is 5.69 Å². The second kappa shape index (κ2) is 6.99. The van der Waals surface area contributed by atoms with Crippen LogP contribution in [0.3, 0.4) is 0 Å². The first-order valence-electron chi connectivity index (χ1n) is 6.28. The van der Waals surface area contributed by atoms with Crippen molar-refractivity contribution in [3.8, 4) is 5.88 Å². The van der Waals surface area contributed by atoms with Crippen LogP contribution in [-0.2, 0) is 6.54 Å². The van der Waals surface area contributed by atoms with E-state index in [4.69, 9.17) is 11.6 Å². The van der Waals surface area contributed by atoms with E-state index in [1.54, 1.807) is 0 Å². The molecule has 0 amide bonds. The maximum Gasteiger partial charge on any atom is 0.422 e. The molecule has 2 rings (SSSR count). The van der Waals surface area contributed by atoms with Crippen LogP contribution in [0.15, 0.2) is 30.3 Å². The first kappa shape index (κ1) is 17.3. The molecule has 0 aliphatic rings. The Labute approximate surface area is 133 Å². The second-order valence-corrected chi connectivity index (χ2v) is 4.88. The van der Waals surface area contributed by atoms with Crippen LogP contribution in [-0.4, -0.2) is 17.8 Å². The minimum absolute atomic E-state index is 0.0601. The minimum Gasteiger partial charge on any atom is -0.466 e. The fraction of sp³-hybridized carbons (Fsp3) is 0.214. The van der Waals surface area contributed by atoms with Crippen LogP contribution in [0.4, 0.5) is 27.6 Å². The number of halogens is 6. The number of ether oxygens (including phenoxy) is 1. The molecule has 1 aromatic heterocycles. The number of anilines is 1. The van der Waals surface area contributed by atoms with Gasteiger partial charge in [-0.3, -0.25) is 0 Å². The average molecular weight is 353 g/mol. The van der Waals surface area contributed by atoms with E-state index in [1.165, 1.54) is 18.2 Å². The first-order valence-corrected chi connectivity index (χ1v) is 6.66. The fourth-order valence-electron chi connectivity index (χ4n) is 1.61. The van der Waals surface area contributed by atoms with E-state index in [0.29, 0.717) is 5.69 Å². The van der Waals surface area contributed by atoms with E-state index in [9.17, 15) is 22.0 Å². The van der Waals surface area contributed by atoms with Crippen LogP contribution in [0.1, 0.15) is 5.69 Å². The Kier molecular flexibility index (Phi) is 5.25. The standard InChI is InChI=1S/C14H10ClF5N2O/c15-10-5-8(1-3-11(10)16)21-6-9-2-4-12(17)13(22-9)23-7-14(18,19)20/h1-5,21H,6-7H2. The van der Waals surface area contributed by atoms with E-state index in [-0.39, 0.29) is 17.3 Å². The maximum absolute atomic E-state index is 13.4. The molecule has 1 N–H and O–H groups in total. The van der Waals surface area contributed by atoms with Crippen LogP contribution < -0.4 is 10.1 Å². The van der Waals surface area contributed by atoms with E-state index in [0.717, 1.165) is 12.1 Å². The van der Waals surface area contributed by atoms with Gasteiger partial charge in [0.2, 0.25) is 0 Å². The van der Waals surface area contributed by atoms with Gasteiger partial charge in [0.1, 0.15) is 5.82 Å². The van der Waals surface area contributed by atoms with Crippen molar-refractivity contribution in [3.05, 3.63) is 52.7 Å². The van der Waals surface area contributed by atoms with Crippen molar-refractivity contribution in [1.29, 1.82) is 0 Å². The van der Waals surface area contributed by atoms with E-state index in [2.05, 4.69) is 15.0 Å². The lowest BCUT2D eigenvalue weighted by Crippen LogP contribution is -2.20. The lowest BCUT2D eigenvalue weighted by Gasteiger charge is -2.11. The lowest BCUT2D eigenvalue weighted by molar-refractivity contribution is -0.154. The number of hydrogen-bond acceptors (Lipinski definition) is 3. The monoisotopic (exact) mass is 352 g/mol. The number of aromatic nitrogens is 1. The van der Waals surface area contributed by atoms with Gasteiger partial charge in [-0.05, 0) is 30.3 Å². The van der Waals surface area contributed by atoms with Crippen LogP contribution in [0, 0.1) is 11.6 Å². The molecule has 0 bridgehead atoms. The Bertz CT molecular complexity index is 693. The highest BCUT2D eigenvalue weighted by Crippen LogP contribution is 2.22. The van der Waals surface area contributed by atoms with Gasteiger partial charge in [-0.25, -0.2) is 13.8 Å². The summed E-state index contributed by atoms with van der Waals surface area (Å²) < 4.78 is 67.0. The van der Waals surface area contributed by atoms with Crippen LogP contribution in [0.25, 0.3) is 0 Å². The summed E-state index contributed by atoms with van der Waals surface area (Å²) in [4.78, 5) is 3.66. The van der Waals surface area contributed by atoms with Crippen molar-refractivity contribution in [2.24, 2.45) is 0 Å². The van der Waals surface area contributed by atoms with E-state index in [1.807, 2.05) is 0 Å². The molecular formula is C14H10ClF5N2O. The maximum atomic E-state index is 13.4. The van der Waals surface area contributed by atoms with Crippen molar-refractivity contribution in [3.63, 3.8) is 0 Å². The zero-order chi connectivity index (χ0) is 17.0. The first-order chi connectivity index (χ1) is 10.7. The number of rotatable bonds is 5. The van der Waals surface area contributed by atoms with Crippen molar-refractivity contribution in [2.75, 3.05) is 11.9 Å². The Morgan fingerprint density at radius 3 is 2.43 bits per heavy atom. The molecule has 23 heavy (non-hydrogen) atoms. The number of benzene rings is 1. The molecule has 1 aromatic carbocycles. The third-order valence-electron chi connectivity index (χ3n) is 2.64. The van der Waals surface area contributed by atoms with E-state index >= 15 is 0 Å². The molecule has 2 aromatic rings. The highest BCUT2D eigenvalue weighted by Gasteiger charge is 2.29. The summed E-state index contributed by atoms with van der Waals surface area (Å²) in [6, 6.07) is 6.15. The molecule has 0 fully saturated rings. The van der Waals surface area contributed by atoms with Gasteiger partial charge in [-0.1, -0.05) is 11.6 Å². The SMILES string of the molecule is Fc1ccc(NCc2ccc(F)c(OCC(F)(F)F)n2)cc1Cl. The molecule has 0 unspecified atom stereocenters. The molecule has 0 aliphatic carbocycles. The van der Waals surface area contributed by atoms with Gasteiger partial charge in [0.05, 0.1) is 17.3 Å². The zero-order valence-corrected chi connectivity index (χ0v) is 12.2. The molecule has 0 saturated heterocycles. The molecule has 0 atom stereocenters. The molecule has 9 heteroatoms. The molecule has 0 saturated carbocycles. The average Bonchev–Trinajstić information content (AvgIpc) is 2.47. The summed E-state index contributed by atoms with van der Waals surface area (Å²) in [5, 5.41) is 2.75. The Balaban J connectivity index is 2.04. The predicted octanol–water partition coefficient (Wildman–Crippen LogP) is 4.57. The van der Waals surface area contributed by atoms with Crippen molar-refractivity contribution < 1.29 is 26.7 Å². The Morgan fingerprint density at radius 1 is 1.09 bits per heavy atom. The molecule has 0 aliphatic heterocycles. The fourth-order valence-corrected chi connectivity index (χ4v) is 1.79. The summed E-state index contributed by atoms with van der Waals surface area (Å²) in [6.45, 7) is -1.58. The smallest absolute Gasteiger partial charge is 0.422 e. The summed E-state index contributed by atoms with van der Waals surface area (Å²) in [5.41, 5.74) is 0.712. The highest BCUT2D eigenvalue weighted by molar-refractivity contribution is 6.31. The number of hydrogen-bond donors (Lipinski definition) is 1. The number of pyridine rings is 1. The van der Waals surface area contributed by atoms with Gasteiger partial charge in [0.25, 0.3) is 5.88 Å². The molecule has 1 heterocycles. The summed E-state index contributed by atoms with van der Waals surface area (Å²) in [6.07, 6.45) is -4.59. The molecule has 124 valence electrons. The summed E-state index contributed by atoms with van der Waals surface area (Å²) in [7, 11) is 0. The van der Waals surface area contributed by atoms with Crippen LogP contribution >= 0.6 is 11.6 Å². The van der Waals surface area contributed by atoms with Crippen molar-refractivity contribution >= 4 is 17.3 Å². The topological polar surface area (TPSA) is 34.1 Å². The third kappa shape index (κ3) is 5.24. The van der Waals surface area contributed by atoms with Gasteiger partial charge in [-0.2, -0.15) is 13.2 Å².